The Bertz CT molecular complexity index is 252. The Kier molecular flexibility index (Phi) is 4.80. The maximum atomic E-state index is 11.8. The average molecular weight is 240 g/mol. The van der Waals surface area contributed by atoms with Crippen LogP contribution in [-0.4, -0.2) is 36.8 Å². The molecule has 0 aromatic heterocycles. The molecule has 1 heterocycles. The fraction of sp³-hybridized carbons (Fsp3) is 0.923. The van der Waals surface area contributed by atoms with Crippen molar-refractivity contribution in [3.63, 3.8) is 0 Å². The number of amides is 1. The summed E-state index contributed by atoms with van der Waals surface area (Å²) in [6.45, 7) is 1.96. The number of carbonyl (C=O) groups excluding carboxylic acids is 1. The fourth-order valence-corrected chi connectivity index (χ4v) is 3.06. The molecule has 1 aliphatic carbocycles. The van der Waals surface area contributed by atoms with Gasteiger partial charge in [0.1, 0.15) is 0 Å². The third-order valence-corrected chi connectivity index (χ3v) is 4.22. The standard InChI is InChI=1S/C13H24N2O2/c16-9-11-5-2-1-4-10(11)8-15-13(17)12-6-3-7-14-12/h10-12,14,16H,1-9H2,(H,15,17)/t10?,11?,12-/m1/s1. The summed E-state index contributed by atoms with van der Waals surface area (Å²) < 4.78 is 0. The number of hydrogen-bond donors (Lipinski definition) is 3. The van der Waals surface area contributed by atoms with Crippen LogP contribution in [0.2, 0.25) is 0 Å². The van der Waals surface area contributed by atoms with Gasteiger partial charge in [-0.15, -0.1) is 0 Å². The average Bonchev–Trinajstić information content (AvgIpc) is 2.90. The van der Waals surface area contributed by atoms with Crippen LogP contribution in [0.3, 0.4) is 0 Å². The van der Waals surface area contributed by atoms with Crippen LogP contribution in [-0.2, 0) is 4.79 Å². The maximum absolute atomic E-state index is 11.8. The summed E-state index contributed by atoms with van der Waals surface area (Å²) in [5.41, 5.74) is 0. The summed E-state index contributed by atoms with van der Waals surface area (Å²) in [6.07, 6.45) is 6.77. The second kappa shape index (κ2) is 6.36. The molecule has 4 nitrogen and oxygen atoms in total. The van der Waals surface area contributed by atoms with E-state index in [9.17, 15) is 9.90 Å². The molecular formula is C13H24N2O2. The second-order valence-corrected chi connectivity index (χ2v) is 5.38. The first-order valence-electron chi connectivity index (χ1n) is 6.93. The minimum atomic E-state index is 0.0196. The first-order chi connectivity index (χ1) is 8.31. The molecule has 2 rings (SSSR count). The molecule has 2 aliphatic rings. The molecule has 0 spiro atoms. The fourth-order valence-electron chi connectivity index (χ4n) is 3.06. The Labute approximate surface area is 103 Å². The highest BCUT2D eigenvalue weighted by atomic mass is 16.3. The van der Waals surface area contributed by atoms with Gasteiger partial charge in [-0.1, -0.05) is 12.8 Å². The van der Waals surface area contributed by atoms with Crippen molar-refractivity contribution in [3.8, 4) is 0 Å². The zero-order chi connectivity index (χ0) is 12.1. The number of rotatable bonds is 4. The van der Waals surface area contributed by atoms with Crippen molar-refractivity contribution in [2.24, 2.45) is 11.8 Å². The molecule has 0 radical (unpaired) electrons. The minimum absolute atomic E-state index is 0.0196. The molecule has 4 heteroatoms. The molecule has 2 unspecified atom stereocenters. The molecule has 3 atom stereocenters. The Balaban J connectivity index is 1.74. The smallest absolute Gasteiger partial charge is 0.237 e. The molecule has 1 saturated carbocycles. The van der Waals surface area contributed by atoms with Crippen molar-refractivity contribution in [2.45, 2.75) is 44.6 Å². The maximum Gasteiger partial charge on any atom is 0.237 e. The van der Waals surface area contributed by atoms with Gasteiger partial charge in [-0.2, -0.15) is 0 Å². The van der Waals surface area contributed by atoms with Crippen LogP contribution in [0.25, 0.3) is 0 Å². The summed E-state index contributed by atoms with van der Waals surface area (Å²) in [6, 6.07) is 0.0196. The number of hydrogen-bond acceptors (Lipinski definition) is 3. The van der Waals surface area contributed by atoms with E-state index in [1.165, 1.54) is 12.8 Å². The van der Waals surface area contributed by atoms with Crippen molar-refractivity contribution >= 4 is 5.91 Å². The lowest BCUT2D eigenvalue weighted by Gasteiger charge is -2.30. The molecule has 1 aliphatic heterocycles. The lowest BCUT2D eigenvalue weighted by atomic mass is 9.79. The van der Waals surface area contributed by atoms with E-state index in [1.54, 1.807) is 0 Å². The molecule has 0 bridgehead atoms. The molecule has 1 amide bonds. The van der Waals surface area contributed by atoms with E-state index in [0.717, 1.165) is 38.8 Å². The van der Waals surface area contributed by atoms with E-state index in [2.05, 4.69) is 10.6 Å². The molecule has 98 valence electrons. The van der Waals surface area contributed by atoms with Crippen molar-refractivity contribution in [2.75, 3.05) is 19.7 Å². The van der Waals surface area contributed by atoms with Gasteiger partial charge in [0.2, 0.25) is 5.91 Å². The number of carbonyl (C=O) groups is 1. The predicted octanol–water partition coefficient (Wildman–Crippen LogP) is 0.653. The largest absolute Gasteiger partial charge is 0.396 e. The second-order valence-electron chi connectivity index (χ2n) is 5.38. The van der Waals surface area contributed by atoms with Gasteiger partial charge in [0, 0.05) is 13.2 Å². The van der Waals surface area contributed by atoms with E-state index >= 15 is 0 Å². The summed E-state index contributed by atoms with van der Waals surface area (Å²) in [5, 5.41) is 15.6. The Morgan fingerprint density at radius 1 is 1.18 bits per heavy atom. The van der Waals surface area contributed by atoms with E-state index in [-0.39, 0.29) is 18.6 Å². The number of nitrogens with one attached hydrogen (secondary N) is 2. The van der Waals surface area contributed by atoms with E-state index in [4.69, 9.17) is 0 Å². The summed E-state index contributed by atoms with van der Waals surface area (Å²) in [7, 11) is 0. The molecule has 17 heavy (non-hydrogen) atoms. The summed E-state index contributed by atoms with van der Waals surface area (Å²) in [4.78, 5) is 11.8. The molecule has 3 N–H and O–H groups in total. The topological polar surface area (TPSA) is 61.4 Å². The lowest BCUT2D eigenvalue weighted by Crippen LogP contribution is -2.43. The SMILES string of the molecule is O=C(NCC1CCCCC1CO)[C@H]1CCCN1. The van der Waals surface area contributed by atoms with Crippen molar-refractivity contribution in [1.82, 2.24) is 10.6 Å². The van der Waals surface area contributed by atoms with Crippen LogP contribution >= 0.6 is 0 Å². The first-order valence-corrected chi connectivity index (χ1v) is 6.93. The Hall–Kier alpha value is -0.610. The normalized spacial score (nSPS) is 33.6. The van der Waals surface area contributed by atoms with Gasteiger partial charge in [-0.3, -0.25) is 4.79 Å². The highest BCUT2D eigenvalue weighted by Crippen LogP contribution is 2.29. The Morgan fingerprint density at radius 2 is 1.94 bits per heavy atom. The molecule has 0 aromatic rings. The Morgan fingerprint density at radius 3 is 2.59 bits per heavy atom. The zero-order valence-electron chi connectivity index (χ0n) is 10.5. The van der Waals surface area contributed by atoms with Gasteiger partial charge in [-0.05, 0) is 44.1 Å². The predicted molar refractivity (Wildman–Crippen MR) is 66.6 cm³/mol. The molecular weight excluding hydrogens is 216 g/mol. The quantitative estimate of drug-likeness (QED) is 0.676. The monoisotopic (exact) mass is 240 g/mol. The van der Waals surface area contributed by atoms with Gasteiger partial charge in [0.05, 0.1) is 6.04 Å². The van der Waals surface area contributed by atoms with Crippen molar-refractivity contribution in [3.05, 3.63) is 0 Å². The van der Waals surface area contributed by atoms with Gasteiger partial charge < -0.3 is 15.7 Å². The van der Waals surface area contributed by atoms with E-state index < -0.39 is 0 Å². The van der Waals surface area contributed by atoms with Gasteiger partial charge >= 0.3 is 0 Å². The third kappa shape index (κ3) is 3.42. The lowest BCUT2D eigenvalue weighted by molar-refractivity contribution is -0.123. The van der Waals surface area contributed by atoms with Gasteiger partial charge in [-0.25, -0.2) is 0 Å². The number of aliphatic hydroxyl groups excluding tert-OH is 1. The van der Waals surface area contributed by atoms with Crippen molar-refractivity contribution in [1.29, 1.82) is 0 Å². The van der Waals surface area contributed by atoms with Crippen LogP contribution in [0.4, 0.5) is 0 Å². The highest BCUT2D eigenvalue weighted by Gasteiger charge is 2.27. The minimum Gasteiger partial charge on any atom is -0.396 e. The molecule has 1 saturated heterocycles. The van der Waals surface area contributed by atoms with Crippen LogP contribution in [0, 0.1) is 11.8 Å². The first kappa shape index (κ1) is 12.8. The van der Waals surface area contributed by atoms with Crippen LogP contribution in [0.1, 0.15) is 38.5 Å². The van der Waals surface area contributed by atoms with Gasteiger partial charge in [0.25, 0.3) is 0 Å². The zero-order valence-corrected chi connectivity index (χ0v) is 10.5. The van der Waals surface area contributed by atoms with E-state index in [1.807, 2.05) is 0 Å². The van der Waals surface area contributed by atoms with Crippen LogP contribution in [0.5, 0.6) is 0 Å². The number of aliphatic hydroxyl groups is 1. The van der Waals surface area contributed by atoms with Gasteiger partial charge in [0.15, 0.2) is 0 Å². The molecule has 0 aromatic carbocycles. The highest BCUT2D eigenvalue weighted by molar-refractivity contribution is 5.81. The van der Waals surface area contributed by atoms with E-state index in [0.29, 0.717) is 11.8 Å². The molecule has 2 fully saturated rings. The van der Waals surface area contributed by atoms with Crippen molar-refractivity contribution < 1.29 is 9.90 Å². The van der Waals surface area contributed by atoms with Crippen LogP contribution in [0.15, 0.2) is 0 Å². The summed E-state index contributed by atoms with van der Waals surface area (Å²) in [5.74, 6) is 1.00. The van der Waals surface area contributed by atoms with Crippen LogP contribution < -0.4 is 10.6 Å². The third-order valence-electron chi connectivity index (χ3n) is 4.22. The summed E-state index contributed by atoms with van der Waals surface area (Å²) >= 11 is 0.